The molecule has 26 heavy (non-hydrogen) atoms. The lowest BCUT2D eigenvalue weighted by atomic mass is 9.87. The van der Waals surface area contributed by atoms with Crippen LogP contribution in [0.3, 0.4) is 0 Å². The van der Waals surface area contributed by atoms with Crippen LogP contribution in [0.5, 0.6) is 0 Å². The van der Waals surface area contributed by atoms with Gasteiger partial charge in [-0.2, -0.15) is 17.5 Å². The molecule has 144 valence electrons. The SMILES string of the molecule is CS(=O)(=O)N1CCCC12CCCN(C(=O)c1ccc(C(F)(F)F)cc1)C2. The third-order valence-corrected chi connectivity index (χ3v) is 6.60. The molecule has 2 fully saturated rings. The molecule has 0 aliphatic carbocycles. The van der Waals surface area contributed by atoms with E-state index in [1.165, 1.54) is 22.7 Å². The summed E-state index contributed by atoms with van der Waals surface area (Å²) in [5.41, 5.74) is -1.21. The van der Waals surface area contributed by atoms with Crippen LogP contribution in [0.1, 0.15) is 41.6 Å². The highest BCUT2D eigenvalue weighted by molar-refractivity contribution is 7.88. The Labute approximate surface area is 150 Å². The number of alkyl halides is 3. The predicted octanol–water partition coefficient (Wildman–Crippen LogP) is 2.74. The second-order valence-electron chi connectivity index (χ2n) is 7.07. The lowest BCUT2D eigenvalue weighted by molar-refractivity contribution is -0.137. The average molecular weight is 390 g/mol. The fraction of sp³-hybridized carbons (Fsp3) is 0.588. The number of benzene rings is 1. The van der Waals surface area contributed by atoms with Gasteiger partial charge in [-0.1, -0.05) is 0 Å². The number of piperidine rings is 1. The molecule has 2 aliphatic heterocycles. The van der Waals surface area contributed by atoms with E-state index in [9.17, 15) is 26.4 Å². The molecule has 0 N–H and O–H groups in total. The largest absolute Gasteiger partial charge is 0.416 e. The molecule has 2 heterocycles. The third-order valence-electron chi connectivity index (χ3n) is 5.23. The predicted molar refractivity (Wildman–Crippen MR) is 90.1 cm³/mol. The summed E-state index contributed by atoms with van der Waals surface area (Å²) in [6, 6.07) is 4.14. The summed E-state index contributed by atoms with van der Waals surface area (Å²) in [5, 5.41) is 0. The minimum Gasteiger partial charge on any atom is -0.337 e. The maximum atomic E-state index is 12.7. The number of halogens is 3. The van der Waals surface area contributed by atoms with Gasteiger partial charge < -0.3 is 4.90 Å². The normalized spacial score (nSPS) is 25.0. The van der Waals surface area contributed by atoms with E-state index in [0.717, 1.165) is 18.6 Å². The van der Waals surface area contributed by atoms with Crippen molar-refractivity contribution in [2.24, 2.45) is 0 Å². The van der Waals surface area contributed by atoms with Crippen molar-refractivity contribution in [1.82, 2.24) is 9.21 Å². The first kappa shape index (κ1) is 19.2. The summed E-state index contributed by atoms with van der Waals surface area (Å²) >= 11 is 0. The molecule has 1 unspecified atom stereocenters. The van der Waals surface area contributed by atoms with E-state index in [0.29, 0.717) is 32.4 Å². The van der Waals surface area contributed by atoms with Gasteiger partial charge in [-0.25, -0.2) is 8.42 Å². The molecule has 0 aromatic heterocycles. The van der Waals surface area contributed by atoms with Crippen LogP contribution in [0, 0.1) is 0 Å². The zero-order chi connectivity index (χ0) is 19.2. The first-order valence-corrected chi connectivity index (χ1v) is 10.3. The zero-order valence-corrected chi connectivity index (χ0v) is 15.2. The third kappa shape index (κ3) is 3.59. The Morgan fingerprint density at radius 1 is 1.08 bits per heavy atom. The van der Waals surface area contributed by atoms with Crippen LogP contribution in [0.4, 0.5) is 13.2 Å². The minimum atomic E-state index is -4.45. The van der Waals surface area contributed by atoms with E-state index < -0.39 is 27.3 Å². The van der Waals surface area contributed by atoms with Crippen LogP contribution in [-0.4, -0.2) is 55.0 Å². The lowest BCUT2D eigenvalue weighted by Gasteiger charge is -2.44. The van der Waals surface area contributed by atoms with Crippen molar-refractivity contribution >= 4 is 15.9 Å². The smallest absolute Gasteiger partial charge is 0.337 e. The van der Waals surface area contributed by atoms with E-state index >= 15 is 0 Å². The molecular weight excluding hydrogens is 369 g/mol. The number of nitrogens with zero attached hydrogens (tertiary/aromatic N) is 2. The minimum absolute atomic E-state index is 0.180. The lowest BCUT2D eigenvalue weighted by Crippen LogP contribution is -2.58. The van der Waals surface area contributed by atoms with Crippen molar-refractivity contribution in [3.63, 3.8) is 0 Å². The van der Waals surface area contributed by atoms with E-state index in [1.807, 2.05) is 0 Å². The standard InChI is InChI=1S/C17H21F3N2O3S/c1-26(24,25)22-11-3-9-16(22)8-2-10-21(12-16)15(23)13-4-6-14(7-5-13)17(18,19)20/h4-7H,2-3,8-12H2,1H3. The Kier molecular flexibility index (Phi) is 4.81. The Hall–Kier alpha value is -1.61. The van der Waals surface area contributed by atoms with Crippen molar-refractivity contribution in [1.29, 1.82) is 0 Å². The topological polar surface area (TPSA) is 57.7 Å². The highest BCUT2D eigenvalue weighted by atomic mass is 32.2. The van der Waals surface area contributed by atoms with Gasteiger partial charge in [0.15, 0.2) is 0 Å². The van der Waals surface area contributed by atoms with Gasteiger partial charge >= 0.3 is 6.18 Å². The molecule has 3 rings (SSSR count). The maximum Gasteiger partial charge on any atom is 0.416 e. The van der Waals surface area contributed by atoms with Crippen LogP contribution >= 0.6 is 0 Å². The summed E-state index contributed by atoms with van der Waals surface area (Å²) < 4.78 is 63.7. The van der Waals surface area contributed by atoms with Gasteiger partial charge in [0.2, 0.25) is 10.0 Å². The quantitative estimate of drug-likeness (QED) is 0.780. The molecule has 0 saturated carbocycles. The summed E-state index contributed by atoms with van der Waals surface area (Å²) in [4.78, 5) is 14.3. The van der Waals surface area contributed by atoms with Crippen molar-refractivity contribution < 1.29 is 26.4 Å². The van der Waals surface area contributed by atoms with E-state index in [1.54, 1.807) is 4.90 Å². The Balaban J connectivity index is 1.80. The summed E-state index contributed by atoms with van der Waals surface area (Å²) in [6.07, 6.45) is -0.477. The molecule has 2 aliphatic rings. The highest BCUT2D eigenvalue weighted by Gasteiger charge is 2.48. The van der Waals surface area contributed by atoms with Crippen LogP contribution in [0.25, 0.3) is 0 Å². The fourth-order valence-electron chi connectivity index (χ4n) is 4.11. The van der Waals surface area contributed by atoms with Gasteiger partial charge in [-0.3, -0.25) is 4.79 Å². The summed E-state index contributed by atoms with van der Waals surface area (Å²) in [5.74, 6) is -0.363. The number of carbonyl (C=O) groups excluding carboxylic acids is 1. The molecule has 1 atom stereocenters. The van der Waals surface area contributed by atoms with Gasteiger partial charge in [-0.15, -0.1) is 0 Å². The highest BCUT2D eigenvalue weighted by Crippen LogP contribution is 2.39. The number of likely N-dealkylation sites (tertiary alicyclic amines) is 1. The van der Waals surface area contributed by atoms with Crippen LogP contribution < -0.4 is 0 Å². The second kappa shape index (κ2) is 6.53. The van der Waals surface area contributed by atoms with Gasteiger partial charge in [-0.05, 0) is 49.9 Å². The molecule has 1 amide bonds. The van der Waals surface area contributed by atoms with Crippen molar-refractivity contribution in [2.75, 3.05) is 25.9 Å². The Morgan fingerprint density at radius 2 is 1.65 bits per heavy atom. The number of carbonyl (C=O) groups is 1. The van der Waals surface area contributed by atoms with E-state index in [2.05, 4.69) is 0 Å². The Bertz CT molecular complexity index is 792. The van der Waals surface area contributed by atoms with Crippen LogP contribution in [-0.2, 0) is 16.2 Å². The van der Waals surface area contributed by atoms with E-state index in [4.69, 9.17) is 0 Å². The molecule has 1 aromatic rings. The monoisotopic (exact) mass is 390 g/mol. The molecule has 0 radical (unpaired) electrons. The zero-order valence-electron chi connectivity index (χ0n) is 14.4. The molecule has 2 saturated heterocycles. The van der Waals surface area contributed by atoms with Crippen molar-refractivity contribution in [3.05, 3.63) is 35.4 Å². The molecular formula is C17H21F3N2O3S. The molecule has 9 heteroatoms. The van der Waals surface area contributed by atoms with Gasteiger partial charge in [0.05, 0.1) is 17.4 Å². The molecule has 1 aromatic carbocycles. The Morgan fingerprint density at radius 3 is 2.19 bits per heavy atom. The number of hydrogen-bond acceptors (Lipinski definition) is 3. The van der Waals surface area contributed by atoms with Gasteiger partial charge in [0.1, 0.15) is 0 Å². The van der Waals surface area contributed by atoms with E-state index in [-0.39, 0.29) is 18.0 Å². The van der Waals surface area contributed by atoms with Crippen LogP contribution in [0.15, 0.2) is 24.3 Å². The number of sulfonamides is 1. The molecule has 1 spiro atoms. The first-order chi connectivity index (χ1) is 12.0. The van der Waals surface area contributed by atoms with Crippen molar-refractivity contribution in [2.45, 2.75) is 37.4 Å². The molecule has 0 bridgehead atoms. The maximum absolute atomic E-state index is 12.7. The summed E-state index contributed by atoms with van der Waals surface area (Å²) in [6.45, 7) is 1.19. The first-order valence-electron chi connectivity index (χ1n) is 8.47. The van der Waals surface area contributed by atoms with Gasteiger partial charge in [0, 0.05) is 25.2 Å². The number of hydrogen-bond donors (Lipinski definition) is 0. The average Bonchev–Trinajstić information content (AvgIpc) is 2.96. The number of rotatable bonds is 2. The van der Waals surface area contributed by atoms with Crippen molar-refractivity contribution in [3.8, 4) is 0 Å². The number of amides is 1. The summed E-state index contributed by atoms with van der Waals surface area (Å²) in [7, 11) is -3.38. The second-order valence-corrected chi connectivity index (χ2v) is 8.98. The fourth-order valence-corrected chi connectivity index (χ4v) is 5.51. The van der Waals surface area contributed by atoms with Gasteiger partial charge in [0.25, 0.3) is 5.91 Å². The molecule has 5 nitrogen and oxygen atoms in total. The van der Waals surface area contributed by atoms with Crippen LogP contribution in [0.2, 0.25) is 0 Å².